The average molecular weight is 407 g/mol. The number of nitrogens with zero attached hydrogens (tertiary/aromatic N) is 1. The van der Waals surface area contributed by atoms with E-state index in [0.29, 0.717) is 11.1 Å². The Morgan fingerprint density at radius 2 is 1.79 bits per heavy atom. The average Bonchev–Trinajstić information content (AvgIpc) is 2.66. The molecule has 0 fully saturated rings. The van der Waals surface area contributed by atoms with Gasteiger partial charge in [0.25, 0.3) is 11.6 Å². The van der Waals surface area contributed by atoms with Crippen LogP contribution in [0.2, 0.25) is 0 Å². The van der Waals surface area contributed by atoms with E-state index in [1.54, 1.807) is 12.2 Å². The van der Waals surface area contributed by atoms with Gasteiger partial charge >= 0.3 is 6.18 Å². The Balaban J connectivity index is 2.05. The van der Waals surface area contributed by atoms with Crippen LogP contribution in [0.5, 0.6) is 0 Å². The highest BCUT2D eigenvalue weighted by Crippen LogP contribution is 2.18. The lowest BCUT2D eigenvalue weighted by Crippen LogP contribution is -2.33. The van der Waals surface area contributed by atoms with Crippen LogP contribution in [0, 0.1) is 17.0 Å². The minimum absolute atomic E-state index is 0.0329. The Morgan fingerprint density at radius 1 is 1.14 bits per heavy atom. The summed E-state index contributed by atoms with van der Waals surface area (Å²) in [6, 6.07) is 9.66. The number of amides is 2. The van der Waals surface area contributed by atoms with Gasteiger partial charge in [0.1, 0.15) is 6.54 Å². The molecule has 2 rings (SSSR count). The third-order valence-corrected chi connectivity index (χ3v) is 3.74. The van der Waals surface area contributed by atoms with Gasteiger partial charge in [-0.1, -0.05) is 6.07 Å². The number of rotatable bonds is 6. The minimum Gasteiger partial charge on any atom is -0.343 e. The second-order valence-electron chi connectivity index (χ2n) is 6.00. The number of alkyl halides is 3. The van der Waals surface area contributed by atoms with Gasteiger partial charge in [-0.05, 0) is 48.4 Å². The van der Waals surface area contributed by atoms with Gasteiger partial charge in [-0.15, -0.1) is 0 Å². The van der Waals surface area contributed by atoms with Gasteiger partial charge in [-0.25, -0.2) is 0 Å². The Kier molecular flexibility index (Phi) is 6.71. The molecule has 0 atom stereocenters. The van der Waals surface area contributed by atoms with Crippen molar-refractivity contribution >= 4 is 29.3 Å². The maximum Gasteiger partial charge on any atom is 0.405 e. The molecule has 10 heteroatoms. The molecule has 152 valence electrons. The molecule has 2 amide bonds. The molecule has 29 heavy (non-hydrogen) atoms. The first kappa shape index (κ1) is 21.6. The molecule has 2 N–H and O–H groups in total. The fourth-order valence-electron chi connectivity index (χ4n) is 2.23. The van der Waals surface area contributed by atoms with E-state index in [4.69, 9.17) is 0 Å². The maximum atomic E-state index is 12.2. The highest BCUT2D eigenvalue weighted by atomic mass is 19.4. The van der Waals surface area contributed by atoms with E-state index in [1.165, 1.54) is 54.6 Å². The lowest BCUT2D eigenvalue weighted by Gasteiger charge is -2.11. The quantitative estimate of drug-likeness (QED) is 0.431. The zero-order valence-corrected chi connectivity index (χ0v) is 15.1. The van der Waals surface area contributed by atoms with Crippen LogP contribution < -0.4 is 10.6 Å². The van der Waals surface area contributed by atoms with Crippen LogP contribution in [0.1, 0.15) is 21.5 Å². The summed E-state index contributed by atoms with van der Waals surface area (Å²) in [6.45, 7) is 0.201. The second-order valence-corrected chi connectivity index (χ2v) is 6.00. The molecule has 0 aliphatic carbocycles. The van der Waals surface area contributed by atoms with Crippen LogP contribution in [-0.2, 0) is 4.79 Å². The summed E-state index contributed by atoms with van der Waals surface area (Å²) in [7, 11) is 0. The number of aryl methyl sites for hydroxylation is 1. The Morgan fingerprint density at radius 3 is 2.38 bits per heavy atom. The summed E-state index contributed by atoms with van der Waals surface area (Å²) >= 11 is 0. The van der Waals surface area contributed by atoms with E-state index in [0.717, 1.165) is 0 Å². The van der Waals surface area contributed by atoms with Crippen molar-refractivity contribution in [3.63, 3.8) is 0 Å². The zero-order chi connectivity index (χ0) is 21.6. The number of nitro benzene ring substituents is 1. The summed E-state index contributed by atoms with van der Waals surface area (Å²) in [5.41, 5.74) is 1.32. The predicted octanol–water partition coefficient (Wildman–Crippen LogP) is 3.85. The van der Waals surface area contributed by atoms with E-state index in [1.807, 2.05) is 0 Å². The number of nitro groups is 1. The molecule has 0 unspecified atom stereocenters. The van der Waals surface area contributed by atoms with Crippen LogP contribution in [0.25, 0.3) is 6.08 Å². The van der Waals surface area contributed by atoms with E-state index in [9.17, 15) is 32.9 Å². The number of hydrogen-bond acceptors (Lipinski definition) is 4. The van der Waals surface area contributed by atoms with Gasteiger partial charge in [0.05, 0.1) is 4.92 Å². The number of anilines is 1. The van der Waals surface area contributed by atoms with Gasteiger partial charge in [-0.2, -0.15) is 13.2 Å². The number of hydrogen-bond donors (Lipinski definition) is 2. The van der Waals surface area contributed by atoms with Gasteiger partial charge in [0.15, 0.2) is 0 Å². The van der Waals surface area contributed by atoms with Crippen molar-refractivity contribution in [3.05, 3.63) is 75.3 Å². The highest BCUT2D eigenvalue weighted by molar-refractivity contribution is 6.03. The summed E-state index contributed by atoms with van der Waals surface area (Å²) in [6.07, 6.45) is -1.90. The number of carbonyl (C=O) groups excluding carboxylic acids is 2. The highest BCUT2D eigenvalue weighted by Gasteiger charge is 2.28. The van der Waals surface area contributed by atoms with Crippen molar-refractivity contribution in [2.24, 2.45) is 0 Å². The lowest BCUT2D eigenvalue weighted by atomic mass is 10.1. The van der Waals surface area contributed by atoms with Crippen molar-refractivity contribution in [2.45, 2.75) is 13.1 Å². The molecule has 2 aromatic rings. The van der Waals surface area contributed by atoms with Crippen molar-refractivity contribution in [3.8, 4) is 0 Å². The summed E-state index contributed by atoms with van der Waals surface area (Å²) in [5.74, 6) is -1.46. The van der Waals surface area contributed by atoms with Crippen LogP contribution >= 0.6 is 0 Å². The largest absolute Gasteiger partial charge is 0.405 e. The van der Waals surface area contributed by atoms with Gasteiger partial charge in [0.2, 0.25) is 5.91 Å². The Hall–Kier alpha value is -3.69. The maximum absolute atomic E-state index is 12.2. The molecule has 0 saturated heterocycles. The number of carbonyl (C=O) groups is 2. The monoisotopic (exact) mass is 407 g/mol. The van der Waals surface area contributed by atoms with Crippen LogP contribution in [-0.4, -0.2) is 29.5 Å². The van der Waals surface area contributed by atoms with Crippen LogP contribution in [0.15, 0.2) is 48.5 Å². The molecule has 2 aromatic carbocycles. The first-order chi connectivity index (χ1) is 13.5. The fourth-order valence-corrected chi connectivity index (χ4v) is 2.23. The molecule has 0 spiro atoms. The van der Waals surface area contributed by atoms with E-state index in [-0.39, 0.29) is 16.9 Å². The third-order valence-electron chi connectivity index (χ3n) is 3.74. The summed E-state index contributed by atoms with van der Waals surface area (Å²) in [5, 5.41) is 14.9. The van der Waals surface area contributed by atoms with Crippen LogP contribution in [0.3, 0.4) is 0 Å². The topological polar surface area (TPSA) is 101 Å². The van der Waals surface area contributed by atoms with Crippen molar-refractivity contribution in [1.82, 2.24) is 5.32 Å². The minimum atomic E-state index is -4.53. The van der Waals surface area contributed by atoms with Crippen molar-refractivity contribution in [2.75, 3.05) is 11.9 Å². The molecule has 0 radical (unpaired) electrons. The summed E-state index contributed by atoms with van der Waals surface area (Å²) < 4.78 is 36.7. The fraction of sp³-hybridized carbons (Fsp3) is 0.158. The molecule has 7 nitrogen and oxygen atoms in total. The van der Waals surface area contributed by atoms with Crippen LogP contribution in [0.4, 0.5) is 24.5 Å². The van der Waals surface area contributed by atoms with Crippen molar-refractivity contribution in [1.29, 1.82) is 0 Å². The molecule has 0 aromatic heterocycles. The molecule has 0 aliphatic heterocycles. The SMILES string of the molecule is Cc1ccc(C(=O)NCC(F)(F)F)cc1NC(=O)/C=C/c1ccc([N+](=O)[O-])cc1. The number of halogens is 3. The zero-order valence-electron chi connectivity index (χ0n) is 15.1. The third kappa shape index (κ3) is 6.76. The Labute approximate surface area is 163 Å². The molecule has 0 saturated carbocycles. The van der Waals surface area contributed by atoms with Crippen molar-refractivity contribution < 1.29 is 27.7 Å². The standard InChI is InChI=1S/C19H16F3N3O4/c1-12-2-6-14(18(27)23-11-19(20,21)22)10-16(12)24-17(26)9-5-13-3-7-15(8-4-13)25(28)29/h2-10H,11H2,1H3,(H,23,27)(H,24,26)/b9-5+. The van der Waals surface area contributed by atoms with E-state index < -0.39 is 29.5 Å². The smallest absolute Gasteiger partial charge is 0.343 e. The normalized spacial score (nSPS) is 11.3. The summed E-state index contributed by atoms with van der Waals surface area (Å²) in [4.78, 5) is 34.0. The molecule has 0 bridgehead atoms. The second kappa shape index (κ2) is 9.00. The number of nitrogens with one attached hydrogen (secondary N) is 2. The molecular weight excluding hydrogens is 391 g/mol. The van der Waals surface area contributed by atoms with Gasteiger partial charge in [0, 0.05) is 29.5 Å². The molecular formula is C19H16F3N3O4. The van der Waals surface area contributed by atoms with E-state index >= 15 is 0 Å². The molecule has 0 heterocycles. The number of non-ortho nitro benzene ring substituents is 1. The first-order valence-electron chi connectivity index (χ1n) is 8.24. The Bertz CT molecular complexity index is 954. The number of benzene rings is 2. The van der Waals surface area contributed by atoms with Gasteiger partial charge < -0.3 is 10.6 Å². The first-order valence-corrected chi connectivity index (χ1v) is 8.24. The van der Waals surface area contributed by atoms with E-state index in [2.05, 4.69) is 5.32 Å². The van der Waals surface area contributed by atoms with Gasteiger partial charge in [-0.3, -0.25) is 19.7 Å². The molecule has 0 aliphatic rings. The predicted molar refractivity (Wildman–Crippen MR) is 100 cm³/mol. The lowest BCUT2D eigenvalue weighted by molar-refractivity contribution is -0.384.